The van der Waals surface area contributed by atoms with Gasteiger partial charge in [-0.1, -0.05) is 19.9 Å². The third-order valence-corrected chi connectivity index (χ3v) is 5.16. The number of hydrogen-bond acceptors (Lipinski definition) is 4. The van der Waals surface area contributed by atoms with Gasteiger partial charge in [0.25, 0.3) is 11.8 Å². The molecule has 142 valence electrons. The summed E-state index contributed by atoms with van der Waals surface area (Å²) in [6.45, 7) is 5.84. The third-order valence-electron chi connectivity index (χ3n) is 5.16. The van der Waals surface area contributed by atoms with Gasteiger partial charge in [-0.2, -0.15) is 0 Å². The molecule has 1 aromatic carbocycles. The number of fused-ring (bicyclic) bond motifs is 2. The van der Waals surface area contributed by atoms with Gasteiger partial charge in [-0.15, -0.1) is 0 Å². The van der Waals surface area contributed by atoms with Crippen molar-refractivity contribution < 1.29 is 18.4 Å². The Morgan fingerprint density at radius 3 is 2.96 bits per heavy atom. The molecule has 0 saturated heterocycles. The molecule has 3 N–H and O–H groups in total. The molecule has 4 rings (SSSR count). The first-order valence-electron chi connectivity index (χ1n) is 9.06. The van der Waals surface area contributed by atoms with Gasteiger partial charge in [0.15, 0.2) is 0 Å². The zero-order valence-corrected chi connectivity index (χ0v) is 15.4. The average Bonchev–Trinajstić information content (AvgIpc) is 3.00. The van der Waals surface area contributed by atoms with Gasteiger partial charge < -0.3 is 20.4 Å². The number of carbonyl (C=O) groups excluding carboxylic acids is 2. The largest absolute Gasteiger partial charge is 0.468 e. The van der Waals surface area contributed by atoms with Crippen molar-refractivity contribution in [3.05, 3.63) is 52.2 Å². The van der Waals surface area contributed by atoms with Gasteiger partial charge in [0.1, 0.15) is 17.8 Å². The molecule has 0 spiro atoms. The van der Waals surface area contributed by atoms with Crippen LogP contribution in [-0.4, -0.2) is 24.9 Å². The first-order chi connectivity index (χ1) is 12.9. The quantitative estimate of drug-likeness (QED) is 0.758. The molecule has 0 unspecified atom stereocenters. The van der Waals surface area contributed by atoms with Crippen LogP contribution in [0.2, 0.25) is 0 Å². The number of carbonyl (C=O) groups is 2. The number of amides is 2. The van der Waals surface area contributed by atoms with Crippen LogP contribution in [0.5, 0.6) is 0 Å². The third kappa shape index (κ3) is 3.23. The normalized spacial score (nSPS) is 18.1. The Labute approximate surface area is 156 Å². The van der Waals surface area contributed by atoms with Gasteiger partial charge >= 0.3 is 0 Å². The number of rotatable bonds is 2. The van der Waals surface area contributed by atoms with E-state index < -0.39 is 11.7 Å². The van der Waals surface area contributed by atoms with Gasteiger partial charge in [-0.25, -0.2) is 4.39 Å². The van der Waals surface area contributed by atoms with Crippen LogP contribution in [0, 0.1) is 11.2 Å². The van der Waals surface area contributed by atoms with E-state index in [9.17, 15) is 14.0 Å². The fourth-order valence-electron chi connectivity index (χ4n) is 3.67. The molecule has 2 aliphatic rings. The first-order valence-corrected chi connectivity index (χ1v) is 9.06. The number of hydrogen-bond donors (Lipinski definition) is 3. The lowest BCUT2D eigenvalue weighted by Gasteiger charge is -2.20. The fraction of sp³-hybridized carbons (Fsp3) is 0.400. The highest BCUT2D eigenvalue weighted by atomic mass is 19.1. The van der Waals surface area contributed by atoms with Crippen molar-refractivity contribution in [1.29, 1.82) is 0 Å². The molecule has 6 nitrogen and oxygen atoms in total. The van der Waals surface area contributed by atoms with Crippen LogP contribution >= 0.6 is 0 Å². The summed E-state index contributed by atoms with van der Waals surface area (Å²) in [4.78, 5) is 25.2. The minimum atomic E-state index is -0.553. The Balaban J connectivity index is 1.64. The maximum atomic E-state index is 14.8. The second kappa shape index (κ2) is 6.49. The molecule has 0 aliphatic carbocycles. The van der Waals surface area contributed by atoms with Gasteiger partial charge in [0.2, 0.25) is 0 Å². The predicted molar refractivity (Wildman–Crippen MR) is 98.3 cm³/mol. The van der Waals surface area contributed by atoms with Crippen LogP contribution in [0.3, 0.4) is 0 Å². The number of nitrogens with one attached hydrogen (secondary N) is 3. The van der Waals surface area contributed by atoms with Crippen LogP contribution in [0.15, 0.2) is 22.8 Å². The number of furan rings is 1. The minimum Gasteiger partial charge on any atom is -0.468 e. The van der Waals surface area contributed by atoms with Crippen LogP contribution in [0.25, 0.3) is 0 Å². The maximum absolute atomic E-state index is 14.8. The highest BCUT2D eigenvalue weighted by Gasteiger charge is 2.33. The smallest absolute Gasteiger partial charge is 0.259 e. The van der Waals surface area contributed by atoms with E-state index in [1.807, 2.05) is 19.9 Å². The monoisotopic (exact) mass is 371 g/mol. The van der Waals surface area contributed by atoms with Crippen molar-refractivity contribution in [2.45, 2.75) is 33.2 Å². The molecule has 3 heterocycles. The number of benzene rings is 1. The van der Waals surface area contributed by atoms with Gasteiger partial charge in [0, 0.05) is 19.5 Å². The van der Waals surface area contributed by atoms with E-state index >= 15 is 0 Å². The van der Waals surface area contributed by atoms with Crippen molar-refractivity contribution in [1.82, 2.24) is 10.6 Å². The second-order valence-electron chi connectivity index (χ2n) is 7.92. The van der Waals surface area contributed by atoms with Crippen molar-refractivity contribution >= 4 is 17.5 Å². The summed E-state index contributed by atoms with van der Waals surface area (Å²) in [7, 11) is 0. The highest BCUT2D eigenvalue weighted by Crippen LogP contribution is 2.30. The van der Waals surface area contributed by atoms with E-state index in [-0.39, 0.29) is 28.1 Å². The highest BCUT2D eigenvalue weighted by molar-refractivity contribution is 6.12. The summed E-state index contributed by atoms with van der Waals surface area (Å²) >= 11 is 0. The van der Waals surface area contributed by atoms with E-state index in [0.29, 0.717) is 43.8 Å². The maximum Gasteiger partial charge on any atom is 0.259 e. The van der Waals surface area contributed by atoms with Crippen LogP contribution in [-0.2, 0) is 19.4 Å². The Morgan fingerprint density at radius 2 is 2.15 bits per heavy atom. The average molecular weight is 371 g/mol. The lowest BCUT2D eigenvalue weighted by atomic mass is 9.88. The van der Waals surface area contributed by atoms with Crippen molar-refractivity contribution in [3.63, 3.8) is 0 Å². The second-order valence-corrected chi connectivity index (χ2v) is 7.92. The van der Waals surface area contributed by atoms with E-state index in [1.54, 1.807) is 6.07 Å². The molecule has 0 radical (unpaired) electrons. The van der Waals surface area contributed by atoms with Crippen molar-refractivity contribution in [2.24, 2.45) is 5.41 Å². The zero-order valence-electron chi connectivity index (χ0n) is 15.4. The lowest BCUT2D eigenvalue weighted by molar-refractivity contribution is 0.0934. The predicted octanol–water partition coefficient (Wildman–Crippen LogP) is 2.63. The summed E-state index contributed by atoms with van der Waals surface area (Å²) < 4.78 is 20.3. The number of halogens is 1. The molecule has 7 heteroatoms. The molecule has 27 heavy (non-hydrogen) atoms. The summed E-state index contributed by atoms with van der Waals surface area (Å²) in [5.41, 5.74) is 1.82. The van der Waals surface area contributed by atoms with Gasteiger partial charge in [-0.3, -0.25) is 9.59 Å². The first kappa shape index (κ1) is 17.7. The Bertz CT molecular complexity index is 933. The Kier molecular flexibility index (Phi) is 4.26. The Morgan fingerprint density at radius 1 is 1.33 bits per heavy atom. The molecule has 0 fully saturated rings. The molecule has 2 amide bonds. The molecule has 0 saturated carbocycles. The van der Waals surface area contributed by atoms with Crippen molar-refractivity contribution in [3.8, 4) is 0 Å². The summed E-state index contributed by atoms with van der Waals surface area (Å²) in [5.74, 6) is -0.825. The van der Waals surface area contributed by atoms with Gasteiger partial charge in [0.05, 0.1) is 16.8 Å². The number of anilines is 1. The molecule has 0 bridgehead atoms. The Hall–Kier alpha value is -2.67. The topological polar surface area (TPSA) is 83.4 Å². The van der Waals surface area contributed by atoms with E-state index in [2.05, 4.69) is 16.0 Å². The van der Waals surface area contributed by atoms with Crippen LogP contribution in [0.4, 0.5) is 10.1 Å². The minimum absolute atomic E-state index is 0.116. The molecule has 0 atom stereocenters. The fourth-order valence-corrected chi connectivity index (χ4v) is 3.67. The van der Waals surface area contributed by atoms with Crippen molar-refractivity contribution in [2.75, 3.05) is 18.4 Å². The summed E-state index contributed by atoms with van der Waals surface area (Å²) in [5, 5.41) is 8.62. The molecular formula is C20H22FN3O3. The lowest BCUT2D eigenvalue weighted by Crippen LogP contribution is -2.32. The van der Waals surface area contributed by atoms with Crippen LogP contribution < -0.4 is 16.0 Å². The molecule has 2 aromatic rings. The molecule has 2 aliphatic heterocycles. The standard InChI is InChI=1S/C20H22FN3O3/c1-20(2)7-15-16(19(26)23-10-20)13(9-27-15)18(25)24-14-4-3-11-8-22-6-5-12(11)17(14)21/h3-4,9,22H,5-8,10H2,1-2H3,(H,23,26)(H,24,25). The van der Waals surface area contributed by atoms with E-state index in [1.165, 1.54) is 6.26 Å². The van der Waals surface area contributed by atoms with E-state index in [0.717, 1.165) is 5.56 Å². The molecular weight excluding hydrogens is 349 g/mol. The van der Waals surface area contributed by atoms with E-state index in [4.69, 9.17) is 4.42 Å². The van der Waals surface area contributed by atoms with Crippen LogP contribution in [0.1, 0.15) is 51.5 Å². The summed E-state index contributed by atoms with van der Waals surface area (Å²) in [6.07, 6.45) is 2.39. The zero-order chi connectivity index (χ0) is 19.2. The molecule has 1 aromatic heterocycles. The summed E-state index contributed by atoms with van der Waals surface area (Å²) in [6, 6.07) is 3.37. The SMILES string of the molecule is CC1(C)CNC(=O)c2c(C(=O)Nc3ccc4c(c3F)CCNC4)coc2C1. The van der Waals surface area contributed by atoms with Gasteiger partial charge in [-0.05, 0) is 35.6 Å².